The van der Waals surface area contributed by atoms with E-state index in [0.717, 1.165) is 15.9 Å². The third-order valence-electron chi connectivity index (χ3n) is 6.64. The molecule has 0 N–H and O–H groups in total. The second-order valence-electron chi connectivity index (χ2n) is 9.85. The highest BCUT2D eigenvalue weighted by molar-refractivity contribution is 7.87. The molecule has 1 aliphatic rings. The Morgan fingerprint density at radius 1 is 0.605 bits per heavy atom. The van der Waals surface area contributed by atoms with Gasteiger partial charge in [0.15, 0.2) is 24.5 Å². The monoisotopic (exact) mass is 607 g/mol. The van der Waals surface area contributed by atoms with Gasteiger partial charge in [-0.05, 0) is 0 Å². The number of hydrogen-bond acceptors (Lipinski definition) is 10. The van der Waals surface area contributed by atoms with Gasteiger partial charge in [0.25, 0.3) is 0 Å². The molecular formula is C32H34NO9P. The summed E-state index contributed by atoms with van der Waals surface area (Å²) >= 11 is 0. The van der Waals surface area contributed by atoms with Crippen LogP contribution in [0.15, 0.2) is 95.7 Å². The molecule has 0 aliphatic carbocycles. The minimum Gasteiger partial charge on any atom is -0.463 e. The van der Waals surface area contributed by atoms with Crippen molar-refractivity contribution in [2.75, 3.05) is 6.61 Å². The van der Waals surface area contributed by atoms with Crippen LogP contribution in [-0.4, -0.2) is 61.1 Å². The molecule has 1 heterocycles. The SMILES string of the molecule is CC(=O)OC[C@H]1O[C@H](N=P(c2ccccc2)(c2ccccc2)c2ccccc2)[C@H](OC(C)=O)[C@@H](OC(C)=O)[C@@H]1OC(C)=O. The lowest BCUT2D eigenvalue weighted by atomic mass is 9.97. The van der Waals surface area contributed by atoms with Crippen LogP contribution in [0.3, 0.4) is 0 Å². The third kappa shape index (κ3) is 7.58. The first-order valence-corrected chi connectivity index (χ1v) is 15.4. The minimum atomic E-state index is -2.92. The maximum atomic E-state index is 12.5. The molecule has 0 saturated carbocycles. The number of hydrogen-bond donors (Lipinski definition) is 0. The van der Waals surface area contributed by atoms with E-state index in [0.29, 0.717) is 0 Å². The van der Waals surface area contributed by atoms with Gasteiger partial charge in [-0.15, -0.1) is 0 Å². The Labute approximate surface area is 250 Å². The first kappa shape index (κ1) is 31.7. The maximum Gasteiger partial charge on any atom is 0.303 e. The Balaban J connectivity index is 2.04. The number of benzene rings is 3. The van der Waals surface area contributed by atoms with E-state index in [1.54, 1.807) is 0 Å². The first-order valence-electron chi connectivity index (χ1n) is 13.7. The molecule has 3 aromatic rings. The van der Waals surface area contributed by atoms with E-state index in [9.17, 15) is 19.2 Å². The van der Waals surface area contributed by atoms with E-state index in [2.05, 4.69) is 0 Å². The Kier molecular flexibility index (Phi) is 10.5. The van der Waals surface area contributed by atoms with Gasteiger partial charge in [-0.2, -0.15) is 0 Å². The molecule has 1 aliphatic heterocycles. The van der Waals surface area contributed by atoms with Gasteiger partial charge in [-0.1, -0.05) is 91.0 Å². The van der Waals surface area contributed by atoms with E-state index in [1.807, 2.05) is 91.0 Å². The van der Waals surface area contributed by atoms with Crippen LogP contribution in [-0.2, 0) is 42.9 Å². The van der Waals surface area contributed by atoms with Crippen molar-refractivity contribution in [1.82, 2.24) is 0 Å². The van der Waals surface area contributed by atoms with Gasteiger partial charge >= 0.3 is 23.9 Å². The van der Waals surface area contributed by atoms with Crippen molar-refractivity contribution in [3.63, 3.8) is 0 Å². The first-order chi connectivity index (χ1) is 20.6. The molecule has 10 nitrogen and oxygen atoms in total. The van der Waals surface area contributed by atoms with E-state index < -0.39 is 61.6 Å². The zero-order valence-corrected chi connectivity index (χ0v) is 25.2. The molecule has 0 spiro atoms. The molecule has 0 amide bonds. The molecule has 3 aromatic carbocycles. The summed E-state index contributed by atoms with van der Waals surface area (Å²) in [6.07, 6.45) is -6.25. The summed E-state index contributed by atoms with van der Waals surface area (Å²) in [4.78, 5) is 48.8. The average molecular weight is 608 g/mol. The predicted octanol–water partition coefficient (Wildman–Crippen LogP) is 3.25. The zero-order chi connectivity index (χ0) is 31.0. The van der Waals surface area contributed by atoms with E-state index in [1.165, 1.54) is 27.7 Å². The van der Waals surface area contributed by atoms with Gasteiger partial charge < -0.3 is 23.7 Å². The fourth-order valence-corrected chi connectivity index (χ4v) is 8.68. The minimum absolute atomic E-state index is 0.336. The number of carbonyl (C=O) groups is 4. The third-order valence-corrected chi connectivity index (χ3v) is 10.4. The molecule has 4 rings (SSSR count). The zero-order valence-electron chi connectivity index (χ0n) is 24.3. The Hall–Kier alpha value is -4.27. The summed E-state index contributed by atoms with van der Waals surface area (Å²) in [5.74, 6) is -2.68. The molecule has 1 saturated heterocycles. The molecule has 5 atom stereocenters. The molecule has 0 aromatic heterocycles. The Morgan fingerprint density at radius 3 is 1.40 bits per heavy atom. The van der Waals surface area contributed by atoms with Gasteiger partial charge in [0, 0.05) is 43.6 Å². The highest BCUT2D eigenvalue weighted by Crippen LogP contribution is 2.48. The van der Waals surface area contributed by atoms with Crippen LogP contribution in [0, 0.1) is 0 Å². The van der Waals surface area contributed by atoms with Crippen molar-refractivity contribution in [3.8, 4) is 0 Å². The average Bonchev–Trinajstić information content (AvgIpc) is 2.98. The highest BCUT2D eigenvalue weighted by Gasteiger charge is 2.53. The Bertz CT molecular complexity index is 1380. The maximum absolute atomic E-state index is 12.5. The number of nitrogens with zero attached hydrogens (tertiary/aromatic N) is 1. The molecule has 43 heavy (non-hydrogen) atoms. The fraction of sp³-hybridized carbons (Fsp3) is 0.312. The van der Waals surface area contributed by atoms with Crippen LogP contribution in [0.1, 0.15) is 27.7 Å². The largest absolute Gasteiger partial charge is 0.463 e. The van der Waals surface area contributed by atoms with Crippen LogP contribution in [0.2, 0.25) is 0 Å². The molecule has 1 fully saturated rings. The summed E-state index contributed by atoms with van der Waals surface area (Å²) in [7, 11) is -2.92. The van der Waals surface area contributed by atoms with E-state index in [4.69, 9.17) is 28.4 Å². The van der Waals surface area contributed by atoms with Crippen molar-refractivity contribution in [2.24, 2.45) is 4.74 Å². The van der Waals surface area contributed by atoms with Gasteiger partial charge in [0.2, 0.25) is 0 Å². The summed E-state index contributed by atoms with van der Waals surface area (Å²) < 4.78 is 34.0. The summed E-state index contributed by atoms with van der Waals surface area (Å²) in [6.45, 7) is 4.47. The second kappa shape index (κ2) is 14.3. The summed E-state index contributed by atoms with van der Waals surface area (Å²) in [5, 5.41) is 2.67. The molecule has 0 radical (unpaired) electrons. The summed E-state index contributed by atoms with van der Waals surface area (Å²) in [6, 6.07) is 29.1. The van der Waals surface area contributed by atoms with Crippen LogP contribution < -0.4 is 15.9 Å². The topological polar surface area (TPSA) is 127 Å². The Morgan fingerprint density at radius 2 is 1.00 bits per heavy atom. The normalized spacial score (nSPS) is 21.6. The quantitative estimate of drug-likeness (QED) is 0.205. The molecule has 0 bridgehead atoms. The lowest BCUT2D eigenvalue weighted by molar-refractivity contribution is -0.250. The van der Waals surface area contributed by atoms with E-state index in [-0.39, 0.29) is 6.61 Å². The number of rotatable bonds is 9. The van der Waals surface area contributed by atoms with Crippen molar-refractivity contribution < 1.29 is 42.9 Å². The summed E-state index contributed by atoms with van der Waals surface area (Å²) in [5.41, 5.74) is 0. The molecular weight excluding hydrogens is 573 g/mol. The highest BCUT2D eigenvalue weighted by atomic mass is 31.2. The molecule has 0 unspecified atom stereocenters. The van der Waals surface area contributed by atoms with E-state index >= 15 is 0 Å². The van der Waals surface area contributed by atoms with Gasteiger partial charge in [-0.3, -0.25) is 23.9 Å². The van der Waals surface area contributed by atoms with Gasteiger partial charge in [0.05, 0.1) is 7.05 Å². The van der Waals surface area contributed by atoms with Crippen molar-refractivity contribution in [3.05, 3.63) is 91.0 Å². The molecule has 11 heteroatoms. The van der Waals surface area contributed by atoms with Crippen LogP contribution in [0.4, 0.5) is 0 Å². The lowest BCUT2D eigenvalue weighted by Gasteiger charge is -2.44. The lowest BCUT2D eigenvalue weighted by Crippen LogP contribution is -2.62. The van der Waals surface area contributed by atoms with Crippen LogP contribution in [0.5, 0.6) is 0 Å². The smallest absolute Gasteiger partial charge is 0.303 e. The fourth-order valence-electron chi connectivity index (χ4n) is 5.05. The van der Waals surface area contributed by atoms with Crippen molar-refractivity contribution in [1.29, 1.82) is 0 Å². The van der Waals surface area contributed by atoms with Crippen molar-refractivity contribution >= 4 is 46.8 Å². The van der Waals surface area contributed by atoms with Gasteiger partial charge in [-0.25, -0.2) is 0 Å². The number of carbonyl (C=O) groups excluding carboxylic acids is 4. The second-order valence-corrected chi connectivity index (χ2v) is 12.9. The van der Waals surface area contributed by atoms with Crippen molar-refractivity contribution in [2.45, 2.75) is 58.3 Å². The number of ether oxygens (including phenoxy) is 5. The molecule has 226 valence electrons. The van der Waals surface area contributed by atoms with Gasteiger partial charge in [0.1, 0.15) is 12.7 Å². The number of esters is 4. The van der Waals surface area contributed by atoms with Crippen LogP contribution in [0.25, 0.3) is 0 Å². The predicted molar refractivity (Wildman–Crippen MR) is 160 cm³/mol. The standard InChI is InChI=1S/C32H34NO9P/c1-21(34)38-20-28-29(39-22(2)35)30(40-23(3)36)31(41-24(4)37)32(42-28)33-43(25-14-8-5-9-15-25,26-16-10-6-11-17-26)27-18-12-7-13-19-27/h5-19,28-32H,20H2,1-4H3/t28-,29-,30+,31-,32+/m1/s1. The van der Waals surface area contributed by atoms with Crippen LogP contribution >= 0.6 is 7.05 Å².